The number of aryl methyl sites for hydroxylation is 1. The van der Waals surface area contributed by atoms with E-state index in [-0.39, 0.29) is 17.6 Å². The van der Waals surface area contributed by atoms with E-state index in [9.17, 15) is 13.6 Å². The minimum Gasteiger partial charge on any atom is -0.348 e. The van der Waals surface area contributed by atoms with Gasteiger partial charge in [0.2, 0.25) is 0 Å². The molecule has 0 aliphatic heterocycles. The summed E-state index contributed by atoms with van der Waals surface area (Å²) in [4.78, 5) is 12.1. The van der Waals surface area contributed by atoms with Crippen LogP contribution >= 0.6 is 0 Å². The minimum absolute atomic E-state index is 0.155. The molecule has 3 N–H and O–H groups in total. The number of nitrogens with two attached hydrogens (primary N) is 1. The first kappa shape index (κ1) is 14.9. The second-order valence-electron chi connectivity index (χ2n) is 5.44. The fourth-order valence-corrected chi connectivity index (χ4v) is 2.62. The third-order valence-corrected chi connectivity index (χ3v) is 3.90. The summed E-state index contributed by atoms with van der Waals surface area (Å²) in [5.41, 5.74) is 5.75. The van der Waals surface area contributed by atoms with Crippen molar-refractivity contribution in [3.63, 3.8) is 0 Å². The highest BCUT2D eigenvalue weighted by molar-refractivity contribution is 5.95. The maximum absolute atomic E-state index is 13.9. The van der Waals surface area contributed by atoms with Crippen LogP contribution in [0.5, 0.6) is 0 Å². The van der Waals surface area contributed by atoms with Crippen LogP contribution in [0.25, 0.3) is 0 Å². The summed E-state index contributed by atoms with van der Waals surface area (Å²) in [6.45, 7) is 1.50. The number of benzene rings is 1. The lowest BCUT2D eigenvalue weighted by molar-refractivity contribution is 0.0920. The van der Waals surface area contributed by atoms with Crippen LogP contribution in [0.2, 0.25) is 0 Å². The van der Waals surface area contributed by atoms with E-state index < -0.39 is 23.1 Å². The van der Waals surface area contributed by atoms with Crippen molar-refractivity contribution in [3.05, 3.63) is 34.9 Å². The zero-order valence-electron chi connectivity index (χ0n) is 11.6. The molecule has 5 heteroatoms. The van der Waals surface area contributed by atoms with Crippen molar-refractivity contribution < 1.29 is 13.6 Å². The predicted octanol–water partition coefficient (Wildman–Crippen LogP) is 2.66. The van der Waals surface area contributed by atoms with Gasteiger partial charge in [-0.1, -0.05) is 25.3 Å². The molecule has 0 saturated heterocycles. The third kappa shape index (κ3) is 3.15. The van der Waals surface area contributed by atoms with Crippen molar-refractivity contribution >= 4 is 5.91 Å². The molecule has 0 bridgehead atoms. The lowest BCUT2D eigenvalue weighted by Crippen LogP contribution is -2.47. The third-order valence-electron chi connectivity index (χ3n) is 3.90. The van der Waals surface area contributed by atoms with E-state index in [0.29, 0.717) is 0 Å². The average molecular weight is 282 g/mol. The number of hydrogen-bond donors (Lipinski definition) is 2. The van der Waals surface area contributed by atoms with Gasteiger partial charge in [0.25, 0.3) is 5.91 Å². The van der Waals surface area contributed by atoms with Crippen LogP contribution in [0.3, 0.4) is 0 Å². The number of hydrogen-bond acceptors (Lipinski definition) is 2. The average Bonchev–Trinajstić information content (AvgIpc) is 2.60. The molecular weight excluding hydrogens is 262 g/mol. The van der Waals surface area contributed by atoms with E-state index in [1.807, 2.05) is 0 Å². The van der Waals surface area contributed by atoms with Crippen LogP contribution in [-0.2, 0) is 0 Å². The van der Waals surface area contributed by atoms with Crippen LogP contribution in [-0.4, -0.2) is 18.0 Å². The van der Waals surface area contributed by atoms with Gasteiger partial charge >= 0.3 is 0 Å². The van der Waals surface area contributed by atoms with E-state index in [4.69, 9.17) is 5.73 Å². The second kappa shape index (κ2) is 6.31. The molecule has 110 valence electrons. The van der Waals surface area contributed by atoms with Gasteiger partial charge in [-0.15, -0.1) is 0 Å². The van der Waals surface area contributed by atoms with E-state index in [2.05, 4.69) is 5.32 Å². The number of rotatable bonds is 2. The number of carbonyl (C=O) groups is 1. The SMILES string of the molecule is Cc1ccc(F)c(C(=O)NC2CCCCCC2N)c1F. The van der Waals surface area contributed by atoms with Gasteiger partial charge in [-0.05, 0) is 31.4 Å². The van der Waals surface area contributed by atoms with Gasteiger partial charge in [-0.2, -0.15) is 0 Å². The van der Waals surface area contributed by atoms with Gasteiger partial charge < -0.3 is 11.1 Å². The Bertz CT molecular complexity index is 505. The van der Waals surface area contributed by atoms with Gasteiger partial charge in [0.15, 0.2) is 0 Å². The molecule has 0 radical (unpaired) electrons. The molecular formula is C15H20F2N2O. The summed E-state index contributed by atoms with van der Waals surface area (Å²) < 4.78 is 27.6. The van der Waals surface area contributed by atoms with Crippen LogP contribution in [0, 0.1) is 18.6 Å². The fourth-order valence-electron chi connectivity index (χ4n) is 2.62. The first-order valence-electron chi connectivity index (χ1n) is 7.01. The largest absolute Gasteiger partial charge is 0.348 e. The summed E-state index contributed by atoms with van der Waals surface area (Å²) in [5, 5.41) is 2.69. The first-order valence-corrected chi connectivity index (χ1v) is 7.01. The van der Waals surface area contributed by atoms with Gasteiger partial charge in [-0.3, -0.25) is 4.79 Å². The quantitative estimate of drug-likeness (QED) is 0.819. The van der Waals surface area contributed by atoms with Crippen molar-refractivity contribution in [1.82, 2.24) is 5.32 Å². The zero-order chi connectivity index (χ0) is 14.7. The topological polar surface area (TPSA) is 55.1 Å². The summed E-state index contributed by atoms with van der Waals surface area (Å²) in [7, 11) is 0. The second-order valence-corrected chi connectivity index (χ2v) is 5.44. The Morgan fingerprint density at radius 3 is 2.70 bits per heavy atom. The molecule has 1 aromatic rings. The molecule has 1 aliphatic carbocycles. The van der Waals surface area contributed by atoms with Gasteiger partial charge in [0, 0.05) is 12.1 Å². The Hall–Kier alpha value is -1.49. The molecule has 2 rings (SSSR count). The Balaban J connectivity index is 2.17. The zero-order valence-corrected chi connectivity index (χ0v) is 11.6. The van der Waals surface area contributed by atoms with Crippen LogP contribution in [0.15, 0.2) is 12.1 Å². The normalized spacial score (nSPS) is 23.2. The molecule has 3 nitrogen and oxygen atoms in total. The summed E-state index contributed by atoms with van der Waals surface area (Å²) >= 11 is 0. The van der Waals surface area contributed by atoms with Gasteiger partial charge in [0.05, 0.1) is 0 Å². The van der Waals surface area contributed by atoms with E-state index in [0.717, 1.165) is 38.2 Å². The van der Waals surface area contributed by atoms with Crippen LogP contribution < -0.4 is 11.1 Å². The molecule has 0 heterocycles. The molecule has 2 unspecified atom stereocenters. The first-order chi connectivity index (χ1) is 9.50. The molecule has 1 fully saturated rings. The van der Waals surface area contributed by atoms with Crippen molar-refractivity contribution in [2.75, 3.05) is 0 Å². The van der Waals surface area contributed by atoms with E-state index >= 15 is 0 Å². The molecule has 1 amide bonds. The van der Waals surface area contributed by atoms with Crippen molar-refractivity contribution in [1.29, 1.82) is 0 Å². The van der Waals surface area contributed by atoms with Gasteiger partial charge in [0.1, 0.15) is 17.2 Å². The number of carbonyl (C=O) groups excluding carboxylic acids is 1. The van der Waals surface area contributed by atoms with Crippen LogP contribution in [0.1, 0.15) is 48.0 Å². The minimum atomic E-state index is -0.840. The van der Waals surface area contributed by atoms with E-state index in [1.165, 1.54) is 13.0 Å². The molecule has 1 saturated carbocycles. The molecule has 0 aromatic heterocycles. The smallest absolute Gasteiger partial charge is 0.257 e. The molecule has 20 heavy (non-hydrogen) atoms. The van der Waals surface area contributed by atoms with E-state index in [1.54, 1.807) is 0 Å². The highest BCUT2D eigenvalue weighted by atomic mass is 19.1. The molecule has 2 atom stereocenters. The van der Waals surface area contributed by atoms with Crippen LogP contribution in [0.4, 0.5) is 8.78 Å². The lowest BCUT2D eigenvalue weighted by atomic mass is 10.0. The Morgan fingerprint density at radius 1 is 1.25 bits per heavy atom. The standard InChI is InChI=1S/C15H20F2N2O/c1-9-7-8-10(16)13(14(9)17)15(20)19-12-6-4-2-3-5-11(12)18/h7-8,11-12H,2-6,18H2,1H3,(H,19,20). The summed E-state index contributed by atoms with van der Waals surface area (Å²) in [6, 6.07) is 2.06. The molecule has 0 spiro atoms. The Labute approximate surface area is 117 Å². The maximum Gasteiger partial charge on any atom is 0.257 e. The Morgan fingerprint density at radius 2 is 1.95 bits per heavy atom. The highest BCUT2D eigenvalue weighted by Gasteiger charge is 2.25. The van der Waals surface area contributed by atoms with Gasteiger partial charge in [-0.25, -0.2) is 8.78 Å². The predicted molar refractivity (Wildman–Crippen MR) is 73.4 cm³/mol. The van der Waals surface area contributed by atoms with Crippen molar-refractivity contribution in [2.45, 2.75) is 51.1 Å². The molecule has 1 aliphatic rings. The number of nitrogens with one attached hydrogen (secondary N) is 1. The maximum atomic E-state index is 13.9. The van der Waals surface area contributed by atoms with Crippen molar-refractivity contribution in [3.8, 4) is 0 Å². The lowest BCUT2D eigenvalue weighted by Gasteiger charge is -2.23. The number of halogens is 2. The highest BCUT2D eigenvalue weighted by Crippen LogP contribution is 2.19. The summed E-state index contributed by atoms with van der Waals surface area (Å²) in [5.74, 6) is -2.36. The van der Waals surface area contributed by atoms with Crippen molar-refractivity contribution in [2.24, 2.45) is 5.73 Å². The summed E-state index contributed by atoms with van der Waals surface area (Å²) in [6.07, 6.45) is 4.65. The number of amides is 1. The molecule has 1 aromatic carbocycles. The monoisotopic (exact) mass is 282 g/mol. The fraction of sp³-hybridized carbons (Fsp3) is 0.533. The Kier molecular flexibility index (Phi) is 4.70.